The maximum atomic E-state index is 12.3. The molecule has 0 aliphatic heterocycles. The Kier molecular flexibility index (Phi) is 5.15. The first-order chi connectivity index (χ1) is 8.65. The Labute approximate surface area is 121 Å². The molecule has 1 rings (SSSR count). The van der Waals surface area contributed by atoms with Gasteiger partial charge in [-0.25, -0.2) is 13.2 Å². The monoisotopic (exact) mass is 348 g/mol. The van der Waals surface area contributed by atoms with Gasteiger partial charge >= 0.3 is 5.97 Å². The van der Waals surface area contributed by atoms with E-state index >= 15 is 0 Å². The number of halogens is 1. The molecule has 0 spiro atoms. The third kappa shape index (κ3) is 4.04. The van der Waals surface area contributed by atoms with E-state index in [9.17, 15) is 13.2 Å². The van der Waals surface area contributed by atoms with Crippen LogP contribution in [0.25, 0.3) is 0 Å². The van der Waals surface area contributed by atoms with Crippen molar-refractivity contribution in [2.45, 2.75) is 32.1 Å². The highest BCUT2D eigenvalue weighted by atomic mass is 79.9. The Hall–Kier alpha value is -0.880. The summed E-state index contributed by atoms with van der Waals surface area (Å²) in [5.74, 6) is -0.830. The standard InChI is InChI=1S/C13H17BrO4S/c1-8(2)4-5-19(17,18)12-7-10(13(15)16)6-11(14)9(12)3/h6-8H,4-5H2,1-3H3,(H,15,16). The Bertz CT molecular complexity index is 591. The zero-order valence-electron chi connectivity index (χ0n) is 11.1. The minimum absolute atomic E-state index is 0.0272. The summed E-state index contributed by atoms with van der Waals surface area (Å²) in [6.07, 6.45) is 0.552. The van der Waals surface area contributed by atoms with E-state index in [1.165, 1.54) is 12.1 Å². The number of rotatable bonds is 5. The van der Waals surface area contributed by atoms with E-state index in [-0.39, 0.29) is 22.1 Å². The molecule has 0 saturated carbocycles. The van der Waals surface area contributed by atoms with Gasteiger partial charge in [-0.2, -0.15) is 0 Å². The fourth-order valence-corrected chi connectivity index (χ4v) is 4.08. The SMILES string of the molecule is Cc1c(Br)cc(C(=O)O)cc1S(=O)(=O)CCC(C)C. The lowest BCUT2D eigenvalue weighted by Crippen LogP contribution is -2.12. The molecule has 0 saturated heterocycles. The van der Waals surface area contributed by atoms with Gasteiger partial charge in [-0.15, -0.1) is 0 Å². The van der Waals surface area contributed by atoms with Gasteiger partial charge in [0.1, 0.15) is 0 Å². The van der Waals surface area contributed by atoms with Crippen LogP contribution in [0.4, 0.5) is 0 Å². The van der Waals surface area contributed by atoms with Crippen LogP contribution in [-0.4, -0.2) is 25.2 Å². The lowest BCUT2D eigenvalue weighted by molar-refractivity contribution is 0.0696. The van der Waals surface area contributed by atoms with Crippen LogP contribution in [0.2, 0.25) is 0 Å². The normalized spacial score (nSPS) is 11.8. The summed E-state index contributed by atoms with van der Waals surface area (Å²) in [5, 5.41) is 8.99. The fraction of sp³-hybridized carbons (Fsp3) is 0.462. The maximum Gasteiger partial charge on any atom is 0.335 e. The van der Waals surface area contributed by atoms with Crippen LogP contribution in [0.15, 0.2) is 21.5 Å². The molecule has 0 amide bonds. The van der Waals surface area contributed by atoms with Gasteiger partial charge in [0.05, 0.1) is 16.2 Å². The van der Waals surface area contributed by atoms with E-state index in [0.29, 0.717) is 16.5 Å². The van der Waals surface area contributed by atoms with Crippen molar-refractivity contribution in [3.63, 3.8) is 0 Å². The number of benzene rings is 1. The molecule has 0 aliphatic rings. The van der Waals surface area contributed by atoms with Crippen LogP contribution in [0, 0.1) is 12.8 Å². The quantitative estimate of drug-likeness (QED) is 0.886. The van der Waals surface area contributed by atoms with Crippen LogP contribution in [0.1, 0.15) is 36.2 Å². The van der Waals surface area contributed by atoms with Gasteiger partial charge in [-0.05, 0) is 37.0 Å². The number of carboxylic acid groups (broad SMARTS) is 1. The molecule has 1 aromatic carbocycles. The summed E-state index contributed by atoms with van der Waals surface area (Å²) < 4.78 is 25.0. The predicted octanol–water partition coefficient (Wildman–Crippen LogP) is 3.28. The van der Waals surface area contributed by atoms with Crippen molar-refractivity contribution in [3.05, 3.63) is 27.7 Å². The van der Waals surface area contributed by atoms with E-state index in [0.717, 1.165) is 0 Å². The first-order valence-electron chi connectivity index (χ1n) is 5.91. The Morgan fingerprint density at radius 2 is 1.95 bits per heavy atom. The molecule has 0 unspecified atom stereocenters. The number of carbonyl (C=O) groups is 1. The van der Waals surface area contributed by atoms with Gasteiger partial charge in [0.15, 0.2) is 9.84 Å². The van der Waals surface area contributed by atoms with Gasteiger partial charge < -0.3 is 5.11 Å². The Morgan fingerprint density at radius 3 is 2.42 bits per heavy atom. The third-order valence-electron chi connectivity index (χ3n) is 2.84. The van der Waals surface area contributed by atoms with Crippen LogP contribution in [-0.2, 0) is 9.84 Å². The van der Waals surface area contributed by atoms with Crippen molar-refractivity contribution in [1.29, 1.82) is 0 Å². The summed E-state index contributed by atoms with van der Waals surface area (Å²) >= 11 is 3.21. The lowest BCUT2D eigenvalue weighted by atomic mass is 10.1. The highest BCUT2D eigenvalue weighted by Crippen LogP contribution is 2.27. The molecule has 0 aromatic heterocycles. The van der Waals surface area contributed by atoms with Crippen molar-refractivity contribution in [3.8, 4) is 0 Å². The lowest BCUT2D eigenvalue weighted by Gasteiger charge is -2.11. The predicted molar refractivity (Wildman–Crippen MR) is 77.3 cm³/mol. The number of hydrogen-bond donors (Lipinski definition) is 1. The van der Waals surface area contributed by atoms with Gasteiger partial charge in [0, 0.05) is 4.47 Å². The van der Waals surface area contributed by atoms with E-state index in [2.05, 4.69) is 15.9 Å². The largest absolute Gasteiger partial charge is 0.478 e. The molecule has 0 radical (unpaired) electrons. The van der Waals surface area contributed by atoms with E-state index in [4.69, 9.17) is 5.11 Å². The fourth-order valence-electron chi connectivity index (χ4n) is 1.60. The first kappa shape index (κ1) is 16.2. The highest BCUT2D eigenvalue weighted by molar-refractivity contribution is 9.10. The molecular weight excluding hydrogens is 332 g/mol. The van der Waals surface area contributed by atoms with Crippen molar-refractivity contribution in [2.75, 3.05) is 5.75 Å². The Balaban J connectivity index is 3.29. The summed E-state index contributed by atoms with van der Waals surface area (Å²) in [7, 11) is -3.46. The zero-order chi connectivity index (χ0) is 14.8. The summed E-state index contributed by atoms with van der Waals surface area (Å²) in [6.45, 7) is 5.57. The maximum absolute atomic E-state index is 12.3. The van der Waals surface area contributed by atoms with Gasteiger partial charge in [0.25, 0.3) is 0 Å². The molecule has 1 aromatic rings. The minimum Gasteiger partial charge on any atom is -0.478 e. The average molecular weight is 349 g/mol. The molecule has 0 atom stereocenters. The summed E-state index contributed by atoms with van der Waals surface area (Å²) in [4.78, 5) is 11.1. The van der Waals surface area contributed by atoms with Crippen molar-refractivity contribution in [1.82, 2.24) is 0 Å². The van der Waals surface area contributed by atoms with Crippen molar-refractivity contribution < 1.29 is 18.3 Å². The molecular formula is C13H17BrO4S. The van der Waals surface area contributed by atoms with E-state index in [1.807, 2.05) is 13.8 Å². The molecule has 0 bridgehead atoms. The second-order valence-electron chi connectivity index (χ2n) is 4.89. The smallest absolute Gasteiger partial charge is 0.335 e. The van der Waals surface area contributed by atoms with Crippen molar-refractivity contribution in [2.24, 2.45) is 5.92 Å². The molecule has 0 fully saturated rings. The second-order valence-corrected chi connectivity index (χ2v) is 7.82. The van der Waals surface area contributed by atoms with Crippen molar-refractivity contribution >= 4 is 31.7 Å². The average Bonchev–Trinajstić information content (AvgIpc) is 2.29. The zero-order valence-corrected chi connectivity index (χ0v) is 13.5. The molecule has 19 heavy (non-hydrogen) atoms. The summed E-state index contributed by atoms with van der Waals surface area (Å²) in [6, 6.07) is 2.65. The first-order valence-corrected chi connectivity index (χ1v) is 8.36. The Morgan fingerprint density at radius 1 is 1.37 bits per heavy atom. The molecule has 106 valence electrons. The number of sulfone groups is 1. The number of carboxylic acids is 1. The number of aromatic carboxylic acids is 1. The topological polar surface area (TPSA) is 71.4 Å². The van der Waals surface area contributed by atoms with Crippen LogP contribution in [0.5, 0.6) is 0 Å². The summed E-state index contributed by atoms with van der Waals surface area (Å²) in [5.41, 5.74) is 0.523. The van der Waals surface area contributed by atoms with Crippen LogP contribution in [0.3, 0.4) is 0 Å². The molecule has 1 N–H and O–H groups in total. The second kappa shape index (κ2) is 6.05. The van der Waals surface area contributed by atoms with E-state index < -0.39 is 15.8 Å². The van der Waals surface area contributed by atoms with Gasteiger partial charge in [0.2, 0.25) is 0 Å². The third-order valence-corrected chi connectivity index (χ3v) is 5.53. The molecule has 0 heterocycles. The van der Waals surface area contributed by atoms with Crippen LogP contribution < -0.4 is 0 Å². The molecule has 0 aliphatic carbocycles. The molecule has 4 nitrogen and oxygen atoms in total. The van der Waals surface area contributed by atoms with Gasteiger partial charge in [-0.1, -0.05) is 29.8 Å². The van der Waals surface area contributed by atoms with Gasteiger partial charge in [-0.3, -0.25) is 0 Å². The number of hydrogen-bond acceptors (Lipinski definition) is 3. The van der Waals surface area contributed by atoms with E-state index in [1.54, 1.807) is 6.92 Å². The minimum atomic E-state index is -3.46. The highest BCUT2D eigenvalue weighted by Gasteiger charge is 2.21. The van der Waals surface area contributed by atoms with Crippen LogP contribution >= 0.6 is 15.9 Å². The molecule has 6 heteroatoms.